The van der Waals surface area contributed by atoms with Crippen molar-refractivity contribution in [3.05, 3.63) is 108 Å². The summed E-state index contributed by atoms with van der Waals surface area (Å²) < 4.78 is 11.8. The Kier molecular flexibility index (Phi) is 4.71. The molecule has 0 aliphatic carbocycles. The quantitative estimate of drug-likeness (QED) is 0.467. The minimum atomic E-state index is 0.806. The van der Waals surface area contributed by atoms with Crippen LogP contribution in [0.2, 0.25) is 0 Å². The number of benzene rings is 2. The van der Waals surface area contributed by atoms with Gasteiger partial charge in [-0.25, -0.2) is 4.42 Å². The summed E-state index contributed by atoms with van der Waals surface area (Å²) in [5.41, 5.74) is 4.40. The Morgan fingerprint density at radius 3 is 1.93 bits per heavy atom. The second-order valence-corrected chi connectivity index (χ2v) is 6.60. The third-order valence-corrected chi connectivity index (χ3v) is 4.35. The summed E-state index contributed by atoms with van der Waals surface area (Å²) in [6.45, 7) is 3.91. The van der Waals surface area contributed by atoms with Crippen molar-refractivity contribution in [3.63, 3.8) is 0 Å². The highest BCUT2D eigenvalue weighted by Gasteiger charge is 2.18. The van der Waals surface area contributed by atoms with Crippen LogP contribution >= 0.6 is 0 Å². The molecule has 1 aliphatic heterocycles. The van der Waals surface area contributed by atoms with E-state index in [1.54, 1.807) is 0 Å². The molecule has 0 atom stereocenters. The van der Waals surface area contributed by atoms with Crippen molar-refractivity contribution >= 4 is 6.08 Å². The zero-order chi connectivity index (χ0) is 18.6. The summed E-state index contributed by atoms with van der Waals surface area (Å²) in [5.74, 6) is 3.41. The third kappa shape index (κ3) is 4.06. The number of rotatable bonds is 3. The normalized spacial score (nSPS) is 13.5. The lowest BCUT2D eigenvalue weighted by Gasteiger charge is -2.11. The van der Waals surface area contributed by atoms with Crippen molar-refractivity contribution in [2.45, 2.75) is 13.8 Å². The molecule has 3 aromatic rings. The van der Waals surface area contributed by atoms with E-state index >= 15 is 0 Å². The number of hydrogen-bond acceptors (Lipinski definition) is 1. The minimum absolute atomic E-state index is 0.806. The van der Waals surface area contributed by atoms with Crippen molar-refractivity contribution in [3.8, 4) is 22.5 Å². The van der Waals surface area contributed by atoms with Gasteiger partial charge >= 0.3 is 11.5 Å². The number of hydrogen-bond donors (Lipinski definition) is 0. The maximum absolute atomic E-state index is 6.22. The van der Waals surface area contributed by atoms with Crippen LogP contribution in [0, 0.1) is 0 Å². The van der Waals surface area contributed by atoms with Crippen LogP contribution in [0.3, 0.4) is 0 Å². The predicted molar refractivity (Wildman–Crippen MR) is 111 cm³/mol. The van der Waals surface area contributed by atoms with Gasteiger partial charge in [-0.15, -0.1) is 0 Å². The van der Waals surface area contributed by atoms with E-state index in [-0.39, 0.29) is 0 Å². The molecule has 0 radical (unpaired) electrons. The van der Waals surface area contributed by atoms with Crippen LogP contribution in [0.25, 0.3) is 28.5 Å². The Morgan fingerprint density at radius 1 is 0.704 bits per heavy atom. The lowest BCUT2D eigenvalue weighted by Crippen LogP contribution is -1.94. The van der Waals surface area contributed by atoms with E-state index in [9.17, 15) is 0 Å². The van der Waals surface area contributed by atoms with Gasteiger partial charge in [0.2, 0.25) is 0 Å². The van der Waals surface area contributed by atoms with Gasteiger partial charge in [0.15, 0.2) is 0 Å². The first-order valence-corrected chi connectivity index (χ1v) is 9.02. The Labute approximate surface area is 159 Å². The van der Waals surface area contributed by atoms with Gasteiger partial charge < -0.3 is 4.74 Å². The van der Waals surface area contributed by atoms with E-state index in [4.69, 9.17) is 9.15 Å². The fourth-order valence-corrected chi connectivity index (χ4v) is 3.21. The molecule has 0 unspecified atom stereocenters. The number of allylic oxidation sites excluding steroid dienone is 5. The van der Waals surface area contributed by atoms with Gasteiger partial charge in [0.25, 0.3) is 0 Å². The minimum Gasteiger partial charge on any atom is -0.467 e. The van der Waals surface area contributed by atoms with Crippen LogP contribution in [0.15, 0.2) is 106 Å². The predicted octanol–water partition coefficient (Wildman–Crippen LogP) is 7.12. The highest BCUT2D eigenvalue weighted by molar-refractivity contribution is 5.72. The molecule has 2 aromatic carbocycles. The van der Waals surface area contributed by atoms with Gasteiger partial charge in [0.1, 0.15) is 11.5 Å². The molecular formula is C25H21O2+. The van der Waals surface area contributed by atoms with Gasteiger partial charge in [-0.3, -0.25) is 0 Å². The van der Waals surface area contributed by atoms with E-state index in [0.29, 0.717) is 0 Å². The number of ether oxygens (including phenoxy) is 1. The van der Waals surface area contributed by atoms with Crippen LogP contribution < -0.4 is 0 Å². The molecule has 0 N–H and O–H groups in total. The third-order valence-electron chi connectivity index (χ3n) is 4.35. The molecule has 1 aliphatic rings. The van der Waals surface area contributed by atoms with Crippen LogP contribution in [0.5, 0.6) is 0 Å². The fourth-order valence-electron chi connectivity index (χ4n) is 3.21. The molecule has 0 saturated heterocycles. The second-order valence-electron chi connectivity index (χ2n) is 6.60. The molecule has 2 heterocycles. The fraction of sp³-hybridized carbons (Fsp3) is 0.0800. The first kappa shape index (κ1) is 17.0. The summed E-state index contributed by atoms with van der Waals surface area (Å²) >= 11 is 0. The van der Waals surface area contributed by atoms with Crippen LogP contribution in [-0.2, 0) is 4.74 Å². The monoisotopic (exact) mass is 353 g/mol. The van der Waals surface area contributed by atoms with Crippen molar-refractivity contribution in [1.82, 2.24) is 0 Å². The molecule has 1 aromatic heterocycles. The Morgan fingerprint density at radius 2 is 1.30 bits per heavy atom. The average Bonchev–Trinajstić information content (AvgIpc) is 2.68. The summed E-state index contributed by atoms with van der Waals surface area (Å²) in [7, 11) is 0. The van der Waals surface area contributed by atoms with E-state index < -0.39 is 0 Å². The maximum Gasteiger partial charge on any atom is 0.361 e. The van der Waals surface area contributed by atoms with Crippen molar-refractivity contribution in [1.29, 1.82) is 0 Å². The molecule has 0 bridgehead atoms. The molecule has 0 amide bonds. The van der Waals surface area contributed by atoms with Gasteiger partial charge in [-0.05, 0) is 49.3 Å². The lowest BCUT2D eigenvalue weighted by atomic mass is 10.0. The standard InChI is InChI=1S/C25H21O2/c1-18-13-20(14-19(2)26-18)15-24-16-23(21-9-5-3-6-10-21)17-25(27-24)22-11-7-4-8-12-22/h3-17H,1-2H3/q+1. The highest BCUT2D eigenvalue weighted by atomic mass is 16.5. The first-order chi connectivity index (χ1) is 13.2. The first-order valence-electron chi connectivity index (χ1n) is 9.02. The van der Waals surface area contributed by atoms with E-state index in [1.165, 1.54) is 0 Å². The average molecular weight is 353 g/mol. The maximum atomic E-state index is 6.22. The van der Waals surface area contributed by atoms with Gasteiger partial charge in [0, 0.05) is 5.56 Å². The molecular weight excluding hydrogens is 332 g/mol. The van der Waals surface area contributed by atoms with E-state index in [2.05, 4.69) is 54.6 Å². The largest absolute Gasteiger partial charge is 0.467 e. The summed E-state index contributed by atoms with van der Waals surface area (Å²) in [4.78, 5) is 0. The summed E-state index contributed by atoms with van der Waals surface area (Å²) in [5, 5.41) is 0. The topological polar surface area (TPSA) is 20.5 Å². The zero-order valence-electron chi connectivity index (χ0n) is 15.5. The molecule has 0 spiro atoms. The van der Waals surface area contributed by atoms with E-state index in [0.717, 1.165) is 45.3 Å². The Hall–Kier alpha value is -3.39. The molecule has 0 saturated carbocycles. The van der Waals surface area contributed by atoms with Crippen molar-refractivity contribution in [2.75, 3.05) is 0 Å². The van der Waals surface area contributed by atoms with E-state index in [1.807, 2.05) is 50.3 Å². The van der Waals surface area contributed by atoms with Crippen LogP contribution in [-0.4, -0.2) is 0 Å². The SMILES string of the molecule is CC1=CC(=Cc2cc(-c3ccccc3)cc(-c3ccccc3)[o+]2)C=C(C)O1. The highest BCUT2D eigenvalue weighted by Crippen LogP contribution is 2.30. The zero-order valence-corrected chi connectivity index (χ0v) is 15.5. The van der Waals surface area contributed by atoms with Gasteiger partial charge in [-0.2, -0.15) is 0 Å². The Balaban J connectivity index is 1.85. The lowest BCUT2D eigenvalue weighted by molar-refractivity contribution is 0.304. The van der Waals surface area contributed by atoms with Crippen LogP contribution in [0.4, 0.5) is 0 Å². The summed E-state index contributed by atoms with van der Waals surface area (Å²) in [6, 6.07) is 24.7. The van der Waals surface area contributed by atoms with Crippen molar-refractivity contribution < 1.29 is 9.15 Å². The smallest absolute Gasteiger partial charge is 0.361 e. The van der Waals surface area contributed by atoms with Crippen LogP contribution in [0.1, 0.15) is 19.6 Å². The summed E-state index contributed by atoms with van der Waals surface area (Å²) in [6.07, 6.45) is 6.08. The molecule has 2 heteroatoms. The molecule has 2 nitrogen and oxygen atoms in total. The van der Waals surface area contributed by atoms with Gasteiger partial charge in [-0.1, -0.05) is 48.5 Å². The van der Waals surface area contributed by atoms with Crippen molar-refractivity contribution in [2.24, 2.45) is 0 Å². The second kappa shape index (κ2) is 7.46. The Bertz CT molecular complexity index is 964. The molecule has 132 valence electrons. The molecule has 4 rings (SSSR count). The molecule has 0 fully saturated rings. The van der Waals surface area contributed by atoms with Gasteiger partial charge in [0.05, 0.1) is 23.8 Å². The molecule has 27 heavy (non-hydrogen) atoms.